The molecule has 2 aromatic rings. The average Bonchev–Trinajstić information content (AvgIpc) is 2.77. The van der Waals surface area contributed by atoms with Crippen LogP contribution in [0.15, 0.2) is 30.3 Å². The molecule has 3 rings (SSSR count). The largest absolute Gasteiger partial charge is 0.230 e. The van der Waals surface area contributed by atoms with Gasteiger partial charge < -0.3 is 0 Å². The van der Waals surface area contributed by atoms with Crippen LogP contribution in [0, 0.1) is 0 Å². The van der Waals surface area contributed by atoms with Crippen LogP contribution in [-0.2, 0) is 12.8 Å². The van der Waals surface area contributed by atoms with E-state index in [0.29, 0.717) is 0 Å². The molecule has 1 aliphatic rings. The van der Waals surface area contributed by atoms with Crippen LogP contribution in [0.2, 0.25) is 0 Å². The number of nitrogens with zero attached hydrogens (tertiary/aromatic N) is 3. The predicted octanol–water partition coefficient (Wildman–Crippen LogP) is 2.03. The molecule has 1 aromatic heterocycles. The predicted molar refractivity (Wildman–Crippen MR) is 57.3 cm³/mol. The van der Waals surface area contributed by atoms with Crippen LogP contribution in [0.3, 0.4) is 0 Å². The summed E-state index contributed by atoms with van der Waals surface area (Å²) in [4.78, 5) is 4.55. The molecule has 0 radical (unpaired) electrons. The molecule has 0 N–H and O–H groups in total. The van der Waals surface area contributed by atoms with Gasteiger partial charge in [0, 0.05) is 5.56 Å². The summed E-state index contributed by atoms with van der Waals surface area (Å²) in [7, 11) is 0. The highest BCUT2D eigenvalue weighted by atomic mass is 15.2. The fourth-order valence-corrected chi connectivity index (χ4v) is 1.91. The molecule has 3 nitrogen and oxygen atoms in total. The standard InChI is InChI=1S/C12H11N3/c1-2-5-9(6-3-1)12-13-10-7-4-8-11(10)14-15-12/h1-3,5-6H,4,7-8H2. The first-order valence-electron chi connectivity index (χ1n) is 5.21. The molecule has 0 spiro atoms. The summed E-state index contributed by atoms with van der Waals surface area (Å²) in [6.45, 7) is 0. The molecule has 0 bridgehead atoms. The van der Waals surface area contributed by atoms with Crippen LogP contribution in [0.4, 0.5) is 0 Å². The van der Waals surface area contributed by atoms with E-state index in [1.807, 2.05) is 30.3 Å². The maximum atomic E-state index is 4.55. The molecule has 0 saturated heterocycles. The third kappa shape index (κ3) is 1.50. The minimum absolute atomic E-state index is 0.747. The van der Waals surface area contributed by atoms with Crippen molar-refractivity contribution in [3.8, 4) is 11.4 Å². The lowest BCUT2D eigenvalue weighted by molar-refractivity contribution is 0.878. The molecule has 1 heterocycles. The molecular weight excluding hydrogens is 186 g/mol. The maximum absolute atomic E-state index is 4.55. The first-order chi connectivity index (χ1) is 7.43. The Balaban J connectivity index is 2.07. The van der Waals surface area contributed by atoms with Crippen LogP contribution < -0.4 is 0 Å². The number of rotatable bonds is 1. The number of fused-ring (bicyclic) bond motifs is 1. The van der Waals surface area contributed by atoms with Gasteiger partial charge in [0.25, 0.3) is 0 Å². The van der Waals surface area contributed by atoms with Crippen molar-refractivity contribution in [2.45, 2.75) is 19.3 Å². The second-order valence-corrected chi connectivity index (χ2v) is 3.75. The normalized spacial score (nSPS) is 13.9. The molecule has 0 atom stereocenters. The SMILES string of the molecule is c1ccc(-c2nnc3c(n2)CCC3)cc1. The molecule has 15 heavy (non-hydrogen) atoms. The summed E-state index contributed by atoms with van der Waals surface area (Å²) in [6.07, 6.45) is 3.24. The zero-order chi connectivity index (χ0) is 10.1. The van der Waals surface area contributed by atoms with E-state index in [0.717, 1.165) is 42.0 Å². The van der Waals surface area contributed by atoms with Crippen LogP contribution in [0.25, 0.3) is 11.4 Å². The summed E-state index contributed by atoms with van der Waals surface area (Å²) in [6, 6.07) is 10.00. The highest BCUT2D eigenvalue weighted by molar-refractivity contribution is 5.54. The minimum atomic E-state index is 0.747. The third-order valence-electron chi connectivity index (χ3n) is 2.70. The highest BCUT2D eigenvalue weighted by Gasteiger charge is 2.15. The first-order valence-corrected chi connectivity index (χ1v) is 5.21. The third-order valence-corrected chi connectivity index (χ3v) is 2.70. The van der Waals surface area contributed by atoms with E-state index < -0.39 is 0 Å². The molecule has 0 unspecified atom stereocenters. The van der Waals surface area contributed by atoms with Crippen molar-refractivity contribution in [2.24, 2.45) is 0 Å². The highest BCUT2D eigenvalue weighted by Crippen LogP contribution is 2.20. The van der Waals surface area contributed by atoms with Crippen molar-refractivity contribution in [2.75, 3.05) is 0 Å². The Morgan fingerprint density at radius 3 is 2.53 bits per heavy atom. The lowest BCUT2D eigenvalue weighted by Crippen LogP contribution is -1.99. The van der Waals surface area contributed by atoms with Crippen LogP contribution in [-0.4, -0.2) is 15.2 Å². The summed E-state index contributed by atoms with van der Waals surface area (Å²) in [5.74, 6) is 0.747. The maximum Gasteiger partial charge on any atom is 0.182 e. The quantitative estimate of drug-likeness (QED) is 0.702. The van der Waals surface area contributed by atoms with E-state index in [2.05, 4.69) is 15.2 Å². The van der Waals surface area contributed by atoms with Gasteiger partial charge in [0.2, 0.25) is 0 Å². The smallest absolute Gasteiger partial charge is 0.182 e. The van der Waals surface area contributed by atoms with Crippen LogP contribution in [0.1, 0.15) is 17.8 Å². The number of hydrogen-bond acceptors (Lipinski definition) is 3. The Hall–Kier alpha value is -1.77. The van der Waals surface area contributed by atoms with E-state index in [1.54, 1.807) is 0 Å². The van der Waals surface area contributed by atoms with E-state index in [-0.39, 0.29) is 0 Å². The van der Waals surface area contributed by atoms with Crippen LogP contribution >= 0.6 is 0 Å². The fourth-order valence-electron chi connectivity index (χ4n) is 1.91. The molecule has 3 heteroatoms. The topological polar surface area (TPSA) is 38.7 Å². The van der Waals surface area contributed by atoms with Crippen molar-refractivity contribution in [1.82, 2.24) is 15.2 Å². The van der Waals surface area contributed by atoms with Gasteiger partial charge in [-0.25, -0.2) is 4.98 Å². The molecule has 1 aliphatic carbocycles. The molecule has 0 saturated carbocycles. The molecule has 0 aliphatic heterocycles. The van der Waals surface area contributed by atoms with Gasteiger partial charge in [0.15, 0.2) is 5.82 Å². The van der Waals surface area contributed by atoms with Crippen LogP contribution in [0.5, 0.6) is 0 Å². The van der Waals surface area contributed by atoms with E-state index in [9.17, 15) is 0 Å². The zero-order valence-electron chi connectivity index (χ0n) is 8.35. The van der Waals surface area contributed by atoms with Crippen molar-refractivity contribution in [1.29, 1.82) is 0 Å². The number of hydrogen-bond donors (Lipinski definition) is 0. The Morgan fingerprint density at radius 1 is 0.867 bits per heavy atom. The van der Waals surface area contributed by atoms with Crippen molar-refractivity contribution < 1.29 is 0 Å². The van der Waals surface area contributed by atoms with Gasteiger partial charge in [-0.2, -0.15) is 5.10 Å². The molecule has 0 fully saturated rings. The molecular formula is C12H11N3. The van der Waals surface area contributed by atoms with Gasteiger partial charge in [-0.05, 0) is 19.3 Å². The lowest BCUT2D eigenvalue weighted by atomic mass is 10.2. The minimum Gasteiger partial charge on any atom is -0.230 e. The summed E-state index contributed by atoms with van der Waals surface area (Å²) < 4.78 is 0. The number of benzene rings is 1. The van der Waals surface area contributed by atoms with Gasteiger partial charge in [-0.3, -0.25) is 0 Å². The second kappa shape index (κ2) is 3.42. The van der Waals surface area contributed by atoms with Gasteiger partial charge >= 0.3 is 0 Å². The zero-order valence-corrected chi connectivity index (χ0v) is 8.35. The van der Waals surface area contributed by atoms with E-state index in [1.165, 1.54) is 0 Å². The Morgan fingerprint density at radius 2 is 1.67 bits per heavy atom. The van der Waals surface area contributed by atoms with Gasteiger partial charge in [-0.1, -0.05) is 30.3 Å². The van der Waals surface area contributed by atoms with Gasteiger partial charge in [0.1, 0.15) is 0 Å². The Labute approximate surface area is 88.2 Å². The van der Waals surface area contributed by atoms with E-state index in [4.69, 9.17) is 0 Å². The Bertz CT molecular complexity index is 479. The summed E-state index contributed by atoms with van der Waals surface area (Å²) >= 11 is 0. The average molecular weight is 197 g/mol. The number of aromatic nitrogens is 3. The Kier molecular flexibility index (Phi) is 1.95. The molecule has 1 aromatic carbocycles. The fraction of sp³-hybridized carbons (Fsp3) is 0.250. The van der Waals surface area contributed by atoms with Gasteiger partial charge in [0.05, 0.1) is 11.4 Å². The van der Waals surface area contributed by atoms with Crippen molar-refractivity contribution in [3.63, 3.8) is 0 Å². The van der Waals surface area contributed by atoms with Gasteiger partial charge in [-0.15, -0.1) is 5.10 Å². The molecule has 0 amide bonds. The monoisotopic (exact) mass is 197 g/mol. The van der Waals surface area contributed by atoms with Crippen molar-refractivity contribution >= 4 is 0 Å². The lowest BCUT2D eigenvalue weighted by Gasteiger charge is -2.01. The second-order valence-electron chi connectivity index (χ2n) is 3.75. The summed E-state index contributed by atoms with van der Waals surface area (Å²) in [5.41, 5.74) is 3.25. The van der Waals surface area contributed by atoms with E-state index >= 15 is 0 Å². The van der Waals surface area contributed by atoms with Crippen molar-refractivity contribution in [3.05, 3.63) is 41.7 Å². The summed E-state index contributed by atoms with van der Waals surface area (Å²) in [5, 5.41) is 8.38. The molecule has 74 valence electrons. The number of aryl methyl sites for hydroxylation is 2. The first kappa shape index (κ1) is 8.53.